The van der Waals surface area contributed by atoms with Crippen molar-refractivity contribution in [2.45, 2.75) is 6.61 Å². The Labute approximate surface area is 161 Å². The van der Waals surface area contributed by atoms with Crippen molar-refractivity contribution in [3.8, 4) is 0 Å². The van der Waals surface area contributed by atoms with Gasteiger partial charge in [-0.1, -0.05) is 42.5 Å². The van der Waals surface area contributed by atoms with Gasteiger partial charge < -0.3 is 14.9 Å². The molecule has 142 valence electrons. The second-order valence-corrected chi connectivity index (χ2v) is 5.80. The lowest BCUT2D eigenvalue weighted by Gasteiger charge is -2.11. The Morgan fingerprint density at radius 3 is 2.36 bits per heavy atom. The second kappa shape index (κ2) is 8.68. The normalized spacial score (nSPS) is 10.2. The lowest BCUT2D eigenvalue weighted by molar-refractivity contribution is 0.0602. The van der Waals surface area contributed by atoms with E-state index >= 15 is 0 Å². The first-order valence-corrected chi connectivity index (χ1v) is 8.47. The Bertz CT molecular complexity index is 1040. The number of amides is 1. The highest BCUT2D eigenvalue weighted by Crippen LogP contribution is 2.16. The van der Waals surface area contributed by atoms with Crippen molar-refractivity contribution in [3.63, 3.8) is 0 Å². The number of nitrogens with zero attached hydrogens (tertiary/aromatic N) is 1. The molecule has 28 heavy (non-hydrogen) atoms. The number of rotatable bonds is 6. The third-order valence-corrected chi connectivity index (χ3v) is 3.95. The molecule has 0 spiro atoms. The molecule has 2 aromatic carbocycles. The molecule has 7 nitrogen and oxygen atoms in total. The quantitative estimate of drug-likeness (QED) is 0.666. The summed E-state index contributed by atoms with van der Waals surface area (Å²) in [6.07, 6.45) is 1.43. The van der Waals surface area contributed by atoms with Crippen LogP contribution < -0.4 is 15.7 Å². The Balaban J connectivity index is 1.80. The van der Waals surface area contributed by atoms with Crippen LogP contribution in [-0.4, -0.2) is 23.7 Å². The largest absolute Gasteiger partial charge is 0.465 e. The Morgan fingerprint density at radius 2 is 1.61 bits per heavy atom. The highest BCUT2D eigenvalue weighted by molar-refractivity contribution is 6.07. The van der Waals surface area contributed by atoms with Crippen molar-refractivity contribution in [3.05, 3.63) is 100.0 Å². The van der Waals surface area contributed by atoms with Crippen molar-refractivity contribution in [1.29, 1.82) is 0 Å². The molecule has 0 saturated carbocycles. The maximum atomic E-state index is 12.6. The molecule has 0 saturated heterocycles. The summed E-state index contributed by atoms with van der Waals surface area (Å²) in [6.45, 7) is 0.178. The highest BCUT2D eigenvalue weighted by Gasteiger charge is 2.17. The van der Waals surface area contributed by atoms with Crippen LogP contribution in [0.4, 0.5) is 5.69 Å². The SMILES string of the molecule is COC(=O)c1ccccc1NC(=O)c1cccn(OCc2ccccc2)c1=O. The maximum Gasteiger partial charge on any atom is 0.339 e. The van der Waals surface area contributed by atoms with Gasteiger partial charge in [-0.05, 0) is 29.8 Å². The summed E-state index contributed by atoms with van der Waals surface area (Å²) >= 11 is 0. The van der Waals surface area contributed by atoms with Gasteiger partial charge in [-0.25, -0.2) is 4.79 Å². The van der Waals surface area contributed by atoms with E-state index in [1.165, 1.54) is 31.5 Å². The number of ether oxygens (including phenoxy) is 1. The van der Waals surface area contributed by atoms with Crippen molar-refractivity contribution in [1.82, 2.24) is 4.73 Å². The summed E-state index contributed by atoms with van der Waals surface area (Å²) in [4.78, 5) is 42.5. The van der Waals surface area contributed by atoms with Crippen LogP contribution in [0.5, 0.6) is 0 Å². The summed E-state index contributed by atoms with van der Waals surface area (Å²) in [7, 11) is 1.25. The minimum absolute atomic E-state index is 0.116. The molecule has 0 aliphatic heterocycles. The van der Waals surface area contributed by atoms with Gasteiger partial charge in [0.15, 0.2) is 0 Å². The summed E-state index contributed by atoms with van der Waals surface area (Å²) in [6, 6.07) is 18.7. The van der Waals surface area contributed by atoms with Gasteiger partial charge in [-0.3, -0.25) is 9.59 Å². The van der Waals surface area contributed by atoms with E-state index in [1.807, 2.05) is 30.3 Å². The van der Waals surface area contributed by atoms with E-state index in [-0.39, 0.29) is 23.4 Å². The molecule has 7 heteroatoms. The third kappa shape index (κ3) is 4.27. The fourth-order valence-corrected chi connectivity index (χ4v) is 2.54. The van der Waals surface area contributed by atoms with Crippen LogP contribution in [0.2, 0.25) is 0 Å². The van der Waals surface area contributed by atoms with Gasteiger partial charge in [-0.2, -0.15) is 4.73 Å². The zero-order chi connectivity index (χ0) is 19.9. The van der Waals surface area contributed by atoms with E-state index in [4.69, 9.17) is 9.57 Å². The molecule has 0 aliphatic carbocycles. The zero-order valence-corrected chi connectivity index (χ0v) is 15.1. The standard InChI is InChI=1S/C21H18N2O5/c1-27-21(26)16-10-5-6-12-18(16)22-19(24)17-11-7-13-23(20(17)25)28-14-15-8-3-2-4-9-15/h2-13H,14H2,1H3,(H,22,24). The minimum Gasteiger partial charge on any atom is -0.465 e. The number of nitrogens with one attached hydrogen (secondary N) is 1. The third-order valence-electron chi connectivity index (χ3n) is 3.95. The number of esters is 1. The van der Waals surface area contributed by atoms with E-state index in [0.717, 1.165) is 10.3 Å². The van der Waals surface area contributed by atoms with Crippen LogP contribution in [0.1, 0.15) is 26.3 Å². The number of hydrogen-bond donors (Lipinski definition) is 1. The lowest BCUT2D eigenvalue weighted by Crippen LogP contribution is -2.32. The fraction of sp³-hybridized carbons (Fsp3) is 0.0952. The van der Waals surface area contributed by atoms with Crippen molar-refractivity contribution < 1.29 is 19.2 Å². The van der Waals surface area contributed by atoms with Gasteiger partial charge >= 0.3 is 5.97 Å². The number of hydrogen-bond acceptors (Lipinski definition) is 5. The molecule has 1 amide bonds. The van der Waals surface area contributed by atoms with Crippen molar-refractivity contribution >= 4 is 17.6 Å². The molecule has 3 aromatic rings. The lowest BCUT2D eigenvalue weighted by atomic mass is 10.1. The first-order chi connectivity index (χ1) is 13.6. The van der Waals surface area contributed by atoms with Crippen molar-refractivity contribution in [2.24, 2.45) is 0 Å². The Kier molecular flexibility index (Phi) is 5.86. The van der Waals surface area contributed by atoms with E-state index in [1.54, 1.807) is 18.2 Å². The molecule has 0 fully saturated rings. The zero-order valence-electron chi connectivity index (χ0n) is 15.1. The number of methoxy groups -OCH3 is 1. The van der Waals surface area contributed by atoms with Crippen LogP contribution in [-0.2, 0) is 11.3 Å². The summed E-state index contributed by atoms with van der Waals surface area (Å²) < 4.78 is 5.71. The van der Waals surface area contributed by atoms with Gasteiger partial charge in [0.25, 0.3) is 11.5 Å². The summed E-state index contributed by atoms with van der Waals surface area (Å²) in [5.41, 5.74) is 0.604. The molecule has 0 aliphatic rings. The Hall–Kier alpha value is -3.87. The van der Waals surface area contributed by atoms with Gasteiger partial charge in [0.05, 0.1) is 18.4 Å². The van der Waals surface area contributed by atoms with Crippen LogP contribution >= 0.6 is 0 Å². The molecular formula is C21H18N2O5. The average Bonchev–Trinajstić information content (AvgIpc) is 2.73. The molecular weight excluding hydrogens is 360 g/mol. The van der Waals surface area contributed by atoms with E-state index < -0.39 is 17.4 Å². The number of anilines is 1. The molecule has 0 radical (unpaired) electrons. The molecule has 1 heterocycles. The first-order valence-electron chi connectivity index (χ1n) is 8.47. The van der Waals surface area contributed by atoms with Gasteiger partial charge in [-0.15, -0.1) is 0 Å². The topological polar surface area (TPSA) is 86.6 Å². The minimum atomic E-state index is -0.654. The molecule has 1 N–H and O–H groups in total. The fourth-order valence-electron chi connectivity index (χ4n) is 2.54. The van der Waals surface area contributed by atoms with Crippen molar-refractivity contribution in [2.75, 3.05) is 12.4 Å². The van der Waals surface area contributed by atoms with E-state index in [2.05, 4.69) is 5.32 Å². The number of carbonyl (C=O) groups excluding carboxylic acids is 2. The van der Waals surface area contributed by atoms with Crippen LogP contribution in [0.15, 0.2) is 77.7 Å². The Morgan fingerprint density at radius 1 is 0.929 bits per heavy atom. The van der Waals surface area contributed by atoms with E-state index in [9.17, 15) is 14.4 Å². The smallest absolute Gasteiger partial charge is 0.339 e. The number of para-hydroxylation sites is 1. The second-order valence-electron chi connectivity index (χ2n) is 5.80. The maximum absolute atomic E-state index is 12.6. The number of benzene rings is 2. The summed E-state index contributed by atoms with van der Waals surface area (Å²) in [5, 5.41) is 2.58. The van der Waals surface area contributed by atoms with Crippen LogP contribution in [0.25, 0.3) is 0 Å². The van der Waals surface area contributed by atoms with Gasteiger partial charge in [0, 0.05) is 6.20 Å². The average molecular weight is 378 g/mol. The summed E-state index contributed by atoms with van der Waals surface area (Å²) in [5.74, 6) is -1.24. The monoisotopic (exact) mass is 378 g/mol. The number of carbonyl (C=O) groups is 2. The number of aromatic nitrogens is 1. The van der Waals surface area contributed by atoms with E-state index in [0.29, 0.717) is 0 Å². The van der Waals surface area contributed by atoms with Crippen LogP contribution in [0.3, 0.4) is 0 Å². The molecule has 0 unspecified atom stereocenters. The number of pyridine rings is 1. The highest BCUT2D eigenvalue weighted by atomic mass is 16.7. The molecule has 3 rings (SSSR count). The predicted molar refractivity (Wildman–Crippen MR) is 103 cm³/mol. The van der Waals surface area contributed by atoms with Crippen LogP contribution in [0, 0.1) is 0 Å². The predicted octanol–water partition coefficient (Wildman–Crippen LogP) is 2.52. The van der Waals surface area contributed by atoms with Gasteiger partial charge in [0.1, 0.15) is 12.2 Å². The first kappa shape index (κ1) is 18.9. The molecule has 0 bridgehead atoms. The van der Waals surface area contributed by atoms with Gasteiger partial charge in [0.2, 0.25) is 0 Å². The molecule has 0 atom stereocenters. The molecule has 1 aromatic heterocycles.